The first-order valence-corrected chi connectivity index (χ1v) is 3.88. The predicted molar refractivity (Wildman–Crippen MR) is 43.2 cm³/mol. The number of carbonyl (C=O) groups excluding carboxylic acids is 1. The zero-order valence-electron chi connectivity index (χ0n) is 7.18. The molecule has 1 aromatic heterocycles. The molecule has 1 rings (SSSR count). The molecule has 0 bridgehead atoms. The summed E-state index contributed by atoms with van der Waals surface area (Å²) in [7, 11) is 0. The highest BCUT2D eigenvalue weighted by Gasteiger charge is 2.09. The number of rotatable bonds is 3. The molecule has 0 aromatic carbocycles. The fourth-order valence-corrected chi connectivity index (χ4v) is 0.978. The van der Waals surface area contributed by atoms with Crippen molar-refractivity contribution in [1.82, 2.24) is 4.98 Å². The summed E-state index contributed by atoms with van der Waals surface area (Å²) >= 11 is 0. The summed E-state index contributed by atoms with van der Waals surface area (Å²) in [5.41, 5.74) is -0.0646. The van der Waals surface area contributed by atoms with E-state index in [0.717, 1.165) is 12.4 Å². The monoisotopic (exact) mass is 185 g/mol. The Kier molecular flexibility index (Phi) is 3.06. The molecule has 0 fully saturated rings. The van der Waals surface area contributed by atoms with Crippen molar-refractivity contribution >= 4 is 5.78 Å². The lowest BCUT2D eigenvalue weighted by Crippen LogP contribution is -2.00. The van der Waals surface area contributed by atoms with E-state index in [2.05, 4.69) is 4.98 Å². The lowest BCUT2D eigenvalue weighted by molar-refractivity contribution is -0.116. The molecule has 0 aliphatic carbocycles. The van der Waals surface area contributed by atoms with Gasteiger partial charge in [-0.05, 0) is 13.3 Å². The van der Waals surface area contributed by atoms with Crippen LogP contribution in [0.3, 0.4) is 0 Å². The summed E-state index contributed by atoms with van der Waals surface area (Å²) in [6.07, 6.45) is 2.13. The molecule has 0 radical (unpaired) electrons. The number of carbonyl (C=O) groups is 1. The molecule has 0 atom stereocenters. The van der Waals surface area contributed by atoms with Crippen molar-refractivity contribution in [3.63, 3.8) is 0 Å². The fourth-order valence-electron chi connectivity index (χ4n) is 0.978. The Bertz CT molecular complexity index is 305. The van der Waals surface area contributed by atoms with Crippen LogP contribution in [-0.2, 0) is 11.2 Å². The SMILES string of the molecule is CC(=O)CCc1c(F)cncc1F. The number of aromatic nitrogens is 1. The zero-order chi connectivity index (χ0) is 9.84. The van der Waals surface area contributed by atoms with Gasteiger partial charge in [0.05, 0.1) is 12.4 Å². The Morgan fingerprint density at radius 2 is 1.92 bits per heavy atom. The molecule has 0 spiro atoms. The standard InChI is InChI=1S/C9H9F2NO/c1-6(13)2-3-7-8(10)4-12-5-9(7)11/h4-5H,2-3H2,1H3. The topological polar surface area (TPSA) is 30.0 Å². The first-order chi connectivity index (χ1) is 6.11. The van der Waals surface area contributed by atoms with Gasteiger partial charge in [-0.1, -0.05) is 0 Å². The minimum Gasteiger partial charge on any atom is -0.300 e. The summed E-state index contributed by atoms with van der Waals surface area (Å²) in [6, 6.07) is 0. The molecule has 0 aliphatic heterocycles. The summed E-state index contributed by atoms with van der Waals surface area (Å²) in [5, 5.41) is 0. The molecule has 0 saturated heterocycles. The van der Waals surface area contributed by atoms with E-state index in [9.17, 15) is 13.6 Å². The van der Waals surface area contributed by atoms with Crippen molar-refractivity contribution in [3.8, 4) is 0 Å². The van der Waals surface area contributed by atoms with E-state index in [1.807, 2.05) is 0 Å². The van der Waals surface area contributed by atoms with Gasteiger partial charge in [0.2, 0.25) is 0 Å². The summed E-state index contributed by atoms with van der Waals surface area (Å²) in [6.45, 7) is 1.39. The first-order valence-electron chi connectivity index (χ1n) is 3.88. The molecule has 0 amide bonds. The summed E-state index contributed by atoms with van der Waals surface area (Å²) in [5.74, 6) is -1.47. The third-order valence-corrected chi connectivity index (χ3v) is 1.68. The minimum atomic E-state index is -0.693. The number of ketones is 1. The molecule has 70 valence electrons. The van der Waals surface area contributed by atoms with Crippen LogP contribution in [0.5, 0.6) is 0 Å². The second-order valence-corrected chi connectivity index (χ2v) is 2.78. The van der Waals surface area contributed by atoms with Crippen LogP contribution in [0.4, 0.5) is 8.78 Å². The third-order valence-electron chi connectivity index (χ3n) is 1.68. The Balaban J connectivity index is 2.81. The molecule has 0 unspecified atom stereocenters. The maximum atomic E-state index is 12.9. The molecule has 1 aromatic rings. The van der Waals surface area contributed by atoms with Crippen LogP contribution in [0.15, 0.2) is 12.4 Å². The second-order valence-electron chi connectivity index (χ2n) is 2.78. The lowest BCUT2D eigenvalue weighted by Gasteiger charge is -2.01. The smallest absolute Gasteiger partial charge is 0.147 e. The molecule has 1 heterocycles. The van der Waals surface area contributed by atoms with Crippen molar-refractivity contribution in [2.45, 2.75) is 19.8 Å². The molecular weight excluding hydrogens is 176 g/mol. The molecule has 13 heavy (non-hydrogen) atoms. The quantitative estimate of drug-likeness (QED) is 0.719. The highest BCUT2D eigenvalue weighted by molar-refractivity contribution is 5.75. The average Bonchev–Trinajstić information content (AvgIpc) is 2.03. The second kappa shape index (κ2) is 4.07. The van der Waals surface area contributed by atoms with E-state index in [0.29, 0.717) is 0 Å². The van der Waals surface area contributed by atoms with Gasteiger partial charge in [0, 0.05) is 12.0 Å². The number of hydrogen-bond donors (Lipinski definition) is 0. The van der Waals surface area contributed by atoms with Crippen LogP contribution in [0.1, 0.15) is 18.9 Å². The Labute approximate surface area is 74.6 Å². The maximum Gasteiger partial charge on any atom is 0.147 e. The van der Waals surface area contributed by atoms with Crippen LogP contribution in [-0.4, -0.2) is 10.8 Å². The third kappa shape index (κ3) is 2.57. The van der Waals surface area contributed by atoms with E-state index in [-0.39, 0.29) is 24.2 Å². The van der Waals surface area contributed by atoms with E-state index in [1.54, 1.807) is 0 Å². The van der Waals surface area contributed by atoms with Crippen LogP contribution >= 0.6 is 0 Å². The number of Topliss-reactive ketones (excluding diaryl/α,β-unsaturated/α-hetero) is 1. The van der Waals surface area contributed by atoms with E-state index < -0.39 is 11.6 Å². The largest absolute Gasteiger partial charge is 0.300 e. The van der Waals surface area contributed by atoms with Gasteiger partial charge in [0.1, 0.15) is 17.4 Å². The molecular formula is C9H9F2NO. The van der Waals surface area contributed by atoms with Crippen LogP contribution < -0.4 is 0 Å². The van der Waals surface area contributed by atoms with Gasteiger partial charge in [-0.25, -0.2) is 8.78 Å². The van der Waals surface area contributed by atoms with Gasteiger partial charge < -0.3 is 4.79 Å². The normalized spacial score (nSPS) is 10.1. The number of hydrogen-bond acceptors (Lipinski definition) is 2. The van der Waals surface area contributed by atoms with Gasteiger partial charge in [0.25, 0.3) is 0 Å². The van der Waals surface area contributed by atoms with Crippen LogP contribution in [0, 0.1) is 11.6 Å². The Morgan fingerprint density at radius 3 is 2.38 bits per heavy atom. The molecule has 0 aliphatic rings. The number of nitrogens with zero attached hydrogens (tertiary/aromatic N) is 1. The summed E-state index contributed by atoms with van der Waals surface area (Å²) < 4.78 is 25.8. The lowest BCUT2D eigenvalue weighted by atomic mass is 10.1. The van der Waals surface area contributed by atoms with Gasteiger partial charge in [0.15, 0.2) is 0 Å². The van der Waals surface area contributed by atoms with Crippen LogP contribution in [0.2, 0.25) is 0 Å². The maximum absolute atomic E-state index is 12.9. The molecule has 0 N–H and O–H groups in total. The van der Waals surface area contributed by atoms with E-state index >= 15 is 0 Å². The van der Waals surface area contributed by atoms with Gasteiger partial charge in [-0.2, -0.15) is 0 Å². The fraction of sp³-hybridized carbons (Fsp3) is 0.333. The van der Waals surface area contributed by atoms with E-state index in [1.165, 1.54) is 6.92 Å². The molecule has 4 heteroatoms. The zero-order valence-corrected chi connectivity index (χ0v) is 7.18. The van der Waals surface area contributed by atoms with Crippen molar-refractivity contribution < 1.29 is 13.6 Å². The summed E-state index contributed by atoms with van der Waals surface area (Å²) in [4.78, 5) is 13.9. The predicted octanol–water partition coefficient (Wildman–Crippen LogP) is 1.88. The number of pyridine rings is 1. The number of halogens is 2. The van der Waals surface area contributed by atoms with Crippen LogP contribution in [0.25, 0.3) is 0 Å². The average molecular weight is 185 g/mol. The highest BCUT2D eigenvalue weighted by atomic mass is 19.1. The van der Waals surface area contributed by atoms with Gasteiger partial charge >= 0.3 is 0 Å². The molecule has 2 nitrogen and oxygen atoms in total. The Hall–Kier alpha value is -1.32. The minimum absolute atomic E-state index is 0.0646. The first kappa shape index (κ1) is 9.77. The van der Waals surface area contributed by atoms with Crippen molar-refractivity contribution in [2.24, 2.45) is 0 Å². The van der Waals surface area contributed by atoms with E-state index in [4.69, 9.17) is 0 Å². The van der Waals surface area contributed by atoms with Gasteiger partial charge in [-0.3, -0.25) is 4.98 Å². The van der Waals surface area contributed by atoms with Crippen molar-refractivity contribution in [3.05, 3.63) is 29.6 Å². The van der Waals surface area contributed by atoms with Crippen molar-refractivity contribution in [1.29, 1.82) is 0 Å². The van der Waals surface area contributed by atoms with Gasteiger partial charge in [-0.15, -0.1) is 0 Å². The molecule has 0 saturated carbocycles. The highest BCUT2D eigenvalue weighted by Crippen LogP contribution is 2.12. The van der Waals surface area contributed by atoms with Crippen molar-refractivity contribution in [2.75, 3.05) is 0 Å². The Morgan fingerprint density at radius 1 is 1.38 bits per heavy atom.